The fourth-order valence-electron chi connectivity index (χ4n) is 3.24. The van der Waals surface area contributed by atoms with E-state index in [4.69, 9.17) is 9.72 Å². The minimum absolute atomic E-state index is 0.141. The molecule has 0 bridgehead atoms. The van der Waals surface area contributed by atoms with Gasteiger partial charge in [-0.25, -0.2) is 14.1 Å². The van der Waals surface area contributed by atoms with E-state index in [1.807, 2.05) is 28.9 Å². The van der Waals surface area contributed by atoms with Crippen molar-refractivity contribution in [2.24, 2.45) is 5.92 Å². The molecule has 0 amide bonds. The molecule has 1 fully saturated rings. The van der Waals surface area contributed by atoms with Crippen LogP contribution in [0.3, 0.4) is 0 Å². The van der Waals surface area contributed by atoms with Gasteiger partial charge >= 0.3 is 0 Å². The zero-order chi connectivity index (χ0) is 17.9. The van der Waals surface area contributed by atoms with Gasteiger partial charge in [-0.2, -0.15) is 5.10 Å². The van der Waals surface area contributed by atoms with E-state index in [0.29, 0.717) is 30.3 Å². The van der Waals surface area contributed by atoms with Gasteiger partial charge in [-0.3, -0.25) is 4.98 Å². The lowest BCUT2D eigenvalue weighted by atomic mass is 10.0. The van der Waals surface area contributed by atoms with E-state index >= 15 is 0 Å². The minimum atomic E-state index is -0.294. The second kappa shape index (κ2) is 7.33. The molecule has 134 valence electrons. The summed E-state index contributed by atoms with van der Waals surface area (Å²) in [4.78, 5) is 9.07. The summed E-state index contributed by atoms with van der Waals surface area (Å²) in [7, 11) is 0. The molecule has 3 heterocycles. The first-order valence-electron chi connectivity index (χ1n) is 8.90. The molecule has 1 saturated heterocycles. The Morgan fingerprint density at radius 1 is 1.23 bits per heavy atom. The Balaban J connectivity index is 1.67. The summed E-state index contributed by atoms with van der Waals surface area (Å²) >= 11 is 0. The number of benzene rings is 1. The van der Waals surface area contributed by atoms with Gasteiger partial charge in [-0.1, -0.05) is 25.1 Å². The number of ether oxygens (including phenoxy) is 1. The molecule has 2 atom stereocenters. The summed E-state index contributed by atoms with van der Waals surface area (Å²) < 4.78 is 21.3. The maximum Gasteiger partial charge on any atom is 0.181 e. The van der Waals surface area contributed by atoms with Crippen LogP contribution in [0.5, 0.6) is 0 Å². The van der Waals surface area contributed by atoms with E-state index in [1.54, 1.807) is 12.3 Å². The largest absolute Gasteiger partial charge is 0.377 e. The highest BCUT2D eigenvalue weighted by Gasteiger charge is 2.27. The van der Waals surface area contributed by atoms with Crippen molar-refractivity contribution in [3.05, 3.63) is 66.0 Å². The first kappa shape index (κ1) is 16.8. The van der Waals surface area contributed by atoms with Crippen LogP contribution < -0.4 is 0 Å². The van der Waals surface area contributed by atoms with Crippen molar-refractivity contribution < 1.29 is 9.13 Å². The van der Waals surface area contributed by atoms with Gasteiger partial charge in [0.2, 0.25) is 0 Å². The molecule has 1 aliphatic rings. The standard InChI is InChI=1S/C20H21FN4O/c1-14-8-10-26-18(14)12-19-23-20(15-5-4-6-16(21)11-15)24-25(19)13-17-7-2-3-9-22-17/h2-7,9,11,14,18H,8,10,12-13H2,1H3. The van der Waals surface area contributed by atoms with Crippen LogP contribution in [0.15, 0.2) is 48.7 Å². The normalized spacial score (nSPS) is 19.8. The summed E-state index contributed by atoms with van der Waals surface area (Å²) in [6.45, 7) is 3.52. The van der Waals surface area contributed by atoms with Gasteiger partial charge in [-0.05, 0) is 36.6 Å². The first-order valence-corrected chi connectivity index (χ1v) is 8.90. The highest BCUT2D eigenvalue weighted by atomic mass is 19.1. The smallest absolute Gasteiger partial charge is 0.181 e. The Kier molecular flexibility index (Phi) is 4.75. The van der Waals surface area contributed by atoms with E-state index in [1.165, 1.54) is 12.1 Å². The Labute approximate surface area is 151 Å². The zero-order valence-corrected chi connectivity index (χ0v) is 14.7. The molecular weight excluding hydrogens is 331 g/mol. The van der Waals surface area contributed by atoms with Crippen molar-refractivity contribution in [3.8, 4) is 11.4 Å². The minimum Gasteiger partial charge on any atom is -0.377 e. The summed E-state index contributed by atoms with van der Waals surface area (Å²) in [5.41, 5.74) is 1.58. The van der Waals surface area contributed by atoms with Crippen molar-refractivity contribution in [2.45, 2.75) is 32.4 Å². The van der Waals surface area contributed by atoms with Crippen molar-refractivity contribution >= 4 is 0 Å². The number of rotatable bonds is 5. The summed E-state index contributed by atoms with van der Waals surface area (Å²) in [5, 5.41) is 4.63. The molecule has 0 radical (unpaired) electrons. The second-order valence-corrected chi connectivity index (χ2v) is 6.72. The monoisotopic (exact) mass is 352 g/mol. The van der Waals surface area contributed by atoms with Crippen LogP contribution in [0.2, 0.25) is 0 Å². The van der Waals surface area contributed by atoms with Crippen LogP contribution in [0.25, 0.3) is 11.4 Å². The zero-order valence-electron chi connectivity index (χ0n) is 14.7. The molecule has 26 heavy (non-hydrogen) atoms. The predicted molar refractivity (Wildman–Crippen MR) is 96.0 cm³/mol. The van der Waals surface area contributed by atoms with E-state index in [-0.39, 0.29) is 11.9 Å². The van der Waals surface area contributed by atoms with Crippen LogP contribution in [0, 0.1) is 11.7 Å². The Morgan fingerprint density at radius 2 is 2.15 bits per heavy atom. The van der Waals surface area contributed by atoms with Crippen molar-refractivity contribution in [2.75, 3.05) is 6.61 Å². The molecule has 4 rings (SSSR count). The molecule has 5 nitrogen and oxygen atoms in total. The molecular formula is C20H21FN4O. The number of nitrogens with zero attached hydrogens (tertiary/aromatic N) is 4. The third kappa shape index (κ3) is 3.65. The van der Waals surface area contributed by atoms with Crippen LogP contribution in [0.4, 0.5) is 4.39 Å². The van der Waals surface area contributed by atoms with Crippen LogP contribution in [-0.4, -0.2) is 32.5 Å². The SMILES string of the molecule is CC1CCOC1Cc1nc(-c2cccc(F)c2)nn1Cc1ccccn1. The van der Waals surface area contributed by atoms with Crippen LogP contribution >= 0.6 is 0 Å². The number of aromatic nitrogens is 4. The average molecular weight is 352 g/mol. The van der Waals surface area contributed by atoms with Gasteiger partial charge in [0, 0.05) is 24.8 Å². The van der Waals surface area contributed by atoms with E-state index in [9.17, 15) is 4.39 Å². The van der Waals surface area contributed by atoms with Crippen LogP contribution in [-0.2, 0) is 17.7 Å². The fraction of sp³-hybridized carbons (Fsp3) is 0.350. The quantitative estimate of drug-likeness (QED) is 0.705. The Morgan fingerprint density at radius 3 is 2.88 bits per heavy atom. The lowest BCUT2D eigenvalue weighted by Crippen LogP contribution is -2.20. The summed E-state index contributed by atoms with van der Waals surface area (Å²) in [6, 6.07) is 12.2. The molecule has 0 spiro atoms. The van der Waals surface area contributed by atoms with Gasteiger partial charge in [0.1, 0.15) is 11.6 Å². The number of hydrogen-bond donors (Lipinski definition) is 0. The van der Waals surface area contributed by atoms with Gasteiger partial charge in [0.25, 0.3) is 0 Å². The van der Waals surface area contributed by atoms with Crippen molar-refractivity contribution in [1.29, 1.82) is 0 Å². The van der Waals surface area contributed by atoms with Crippen LogP contribution in [0.1, 0.15) is 24.9 Å². The molecule has 0 saturated carbocycles. The molecule has 1 aromatic carbocycles. The van der Waals surface area contributed by atoms with Gasteiger partial charge in [-0.15, -0.1) is 0 Å². The van der Waals surface area contributed by atoms with E-state index < -0.39 is 0 Å². The van der Waals surface area contributed by atoms with Crippen molar-refractivity contribution in [1.82, 2.24) is 19.7 Å². The number of pyridine rings is 1. The first-order chi connectivity index (χ1) is 12.7. The van der Waals surface area contributed by atoms with Crippen molar-refractivity contribution in [3.63, 3.8) is 0 Å². The molecule has 2 aromatic heterocycles. The molecule has 2 unspecified atom stereocenters. The summed E-state index contributed by atoms with van der Waals surface area (Å²) in [5.74, 6) is 1.57. The topological polar surface area (TPSA) is 52.8 Å². The lowest BCUT2D eigenvalue weighted by Gasteiger charge is -2.14. The maximum atomic E-state index is 13.6. The predicted octanol–water partition coefficient (Wildman–Crippen LogP) is 3.50. The molecule has 0 aliphatic carbocycles. The Hall–Kier alpha value is -2.60. The number of hydrogen-bond acceptors (Lipinski definition) is 4. The average Bonchev–Trinajstić information content (AvgIpc) is 3.23. The maximum absolute atomic E-state index is 13.6. The lowest BCUT2D eigenvalue weighted by molar-refractivity contribution is 0.0919. The Bertz CT molecular complexity index is 881. The highest BCUT2D eigenvalue weighted by Crippen LogP contribution is 2.25. The molecule has 6 heteroatoms. The third-order valence-electron chi connectivity index (χ3n) is 4.79. The van der Waals surface area contributed by atoms with E-state index in [2.05, 4.69) is 17.0 Å². The van der Waals surface area contributed by atoms with Gasteiger partial charge in [0.15, 0.2) is 5.82 Å². The molecule has 3 aromatic rings. The molecule has 0 N–H and O–H groups in total. The molecule has 1 aliphatic heterocycles. The third-order valence-corrected chi connectivity index (χ3v) is 4.79. The highest BCUT2D eigenvalue weighted by molar-refractivity contribution is 5.54. The fourth-order valence-corrected chi connectivity index (χ4v) is 3.24. The summed E-state index contributed by atoms with van der Waals surface area (Å²) in [6.07, 6.45) is 3.66. The van der Waals surface area contributed by atoms with E-state index in [0.717, 1.165) is 24.5 Å². The van der Waals surface area contributed by atoms with Gasteiger partial charge in [0.05, 0.1) is 18.3 Å². The van der Waals surface area contributed by atoms with Gasteiger partial charge < -0.3 is 4.74 Å². The number of halogens is 1. The second-order valence-electron chi connectivity index (χ2n) is 6.72.